The smallest absolute Gasteiger partial charge is 0.305 e. The van der Waals surface area contributed by atoms with Crippen LogP contribution in [0, 0.1) is 23.7 Å². The van der Waals surface area contributed by atoms with Crippen LogP contribution in [0.15, 0.2) is 12.2 Å². The lowest BCUT2D eigenvalue weighted by Crippen LogP contribution is -2.29. The van der Waals surface area contributed by atoms with E-state index in [4.69, 9.17) is 9.47 Å². The summed E-state index contributed by atoms with van der Waals surface area (Å²) in [6.45, 7) is 4.86. The summed E-state index contributed by atoms with van der Waals surface area (Å²) in [5, 5.41) is 0. The molecular formula is C17H26O4. The van der Waals surface area contributed by atoms with Crippen LogP contribution in [0.2, 0.25) is 0 Å². The summed E-state index contributed by atoms with van der Waals surface area (Å²) in [6.07, 6.45) is 8.15. The van der Waals surface area contributed by atoms with Crippen molar-refractivity contribution in [3.8, 4) is 0 Å². The summed E-state index contributed by atoms with van der Waals surface area (Å²) in [5.74, 6) is 1.31. The van der Waals surface area contributed by atoms with E-state index in [1.54, 1.807) is 0 Å². The van der Waals surface area contributed by atoms with Gasteiger partial charge in [0.05, 0.1) is 13.2 Å². The van der Waals surface area contributed by atoms with Gasteiger partial charge in [-0.25, -0.2) is 0 Å². The second-order valence-corrected chi connectivity index (χ2v) is 6.14. The van der Waals surface area contributed by atoms with Gasteiger partial charge >= 0.3 is 11.9 Å². The van der Waals surface area contributed by atoms with E-state index >= 15 is 0 Å². The quantitative estimate of drug-likeness (QED) is 0.510. The Morgan fingerprint density at radius 1 is 0.905 bits per heavy atom. The summed E-state index contributed by atoms with van der Waals surface area (Å²) in [5.41, 5.74) is 0. The van der Waals surface area contributed by atoms with Crippen LogP contribution >= 0.6 is 0 Å². The lowest BCUT2D eigenvalue weighted by molar-refractivity contribution is -0.150. The van der Waals surface area contributed by atoms with Gasteiger partial charge in [-0.1, -0.05) is 26.0 Å². The van der Waals surface area contributed by atoms with Gasteiger partial charge < -0.3 is 9.47 Å². The molecule has 1 fully saturated rings. The van der Waals surface area contributed by atoms with E-state index in [1.165, 1.54) is 0 Å². The molecule has 0 N–H and O–H groups in total. The van der Waals surface area contributed by atoms with Crippen LogP contribution in [-0.2, 0) is 19.1 Å². The Morgan fingerprint density at radius 3 is 1.71 bits per heavy atom. The molecule has 0 aliphatic heterocycles. The molecule has 0 saturated heterocycles. The molecule has 2 aliphatic rings. The number of ether oxygens (including phenoxy) is 2. The fourth-order valence-corrected chi connectivity index (χ4v) is 3.45. The number of fused-ring (bicyclic) bond motifs is 2. The van der Waals surface area contributed by atoms with E-state index in [-0.39, 0.29) is 11.9 Å². The summed E-state index contributed by atoms with van der Waals surface area (Å²) < 4.78 is 10.8. The van der Waals surface area contributed by atoms with Crippen LogP contribution in [0.5, 0.6) is 0 Å². The highest BCUT2D eigenvalue weighted by Gasteiger charge is 2.45. The normalized spacial score (nSPS) is 29.6. The molecule has 2 bridgehead atoms. The molecule has 0 aromatic heterocycles. The van der Waals surface area contributed by atoms with Gasteiger partial charge in [-0.15, -0.1) is 0 Å². The van der Waals surface area contributed by atoms with Crippen LogP contribution in [0.3, 0.4) is 0 Å². The number of carbonyl (C=O) groups is 2. The maximum atomic E-state index is 11.5. The third-order valence-corrected chi connectivity index (χ3v) is 4.58. The predicted molar refractivity (Wildman–Crippen MR) is 79.5 cm³/mol. The first-order chi connectivity index (χ1) is 10.2. The van der Waals surface area contributed by atoms with Crippen LogP contribution in [0.4, 0.5) is 0 Å². The fraction of sp³-hybridized carbons (Fsp3) is 0.765. The summed E-state index contributed by atoms with van der Waals surface area (Å²) in [6, 6.07) is 0. The number of esters is 2. The summed E-state index contributed by atoms with van der Waals surface area (Å²) in [4.78, 5) is 23.1. The van der Waals surface area contributed by atoms with Gasteiger partial charge in [0, 0.05) is 24.7 Å². The minimum absolute atomic E-state index is 0.119. The first-order valence-corrected chi connectivity index (χ1v) is 8.15. The van der Waals surface area contributed by atoms with E-state index < -0.39 is 0 Å². The summed E-state index contributed by atoms with van der Waals surface area (Å²) in [7, 11) is 0. The maximum absolute atomic E-state index is 11.5. The molecule has 1 saturated carbocycles. The Balaban J connectivity index is 1.84. The highest BCUT2D eigenvalue weighted by Crippen LogP contribution is 2.48. The molecule has 0 radical (unpaired) electrons. The van der Waals surface area contributed by atoms with Crippen molar-refractivity contribution in [2.45, 2.75) is 46.0 Å². The Hall–Kier alpha value is -1.32. The van der Waals surface area contributed by atoms with Crippen molar-refractivity contribution in [2.24, 2.45) is 23.7 Å². The molecule has 2 aliphatic carbocycles. The average Bonchev–Trinajstić information content (AvgIpc) is 3.04. The Kier molecular flexibility index (Phi) is 5.83. The van der Waals surface area contributed by atoms with Crippen molar-refractivity contribution in [3.05, 3.63) is 12.2 Å². The van der Waals surface area contributed by atoms with Gasteiger partial charge in [0.2, 0.25) is 0 Å². The zero-order chi connectivity index (χ0) is 15.2. The van der Waals surface area contributed by atoms with Crippen molar-refractivity contribution < 1.29 is 19.1 Å². The number of rotatable bonds is 8. The van der Waals surface area contributed by atoms with Gasteiger partial charge in [-0.3, -0.25) is 9.59 Å². The lowest BCUT2D eigenvalue weighted by atomic mass is 9.84. The first-order valence-electron chi connectivity index (χ1n) is 8.15. The van der Waals surface area contributed by atoms with Gasteiger partial charge in [0.25, 0.3) is 0 Å². The van der Waals surface area contributed by atoms with Crippen molar-refractivity contribution in [1.82, 2.24) is 0 Å². The zero-order valence-electron chi connectivity index (χ0n) is 13.0. The number of carbonyl (C=O) groups excluding carboxylic acids is 2. The molecule has 0 unspecified atom stereocenters. The molecule has 0 amide bonds. The average molecular weight is 294 g/mol. The number of hydrogen-bond donors (Lipinski definition) is 0. The highest BCUT2D eigenvalue weighted by molar-refractivity contribution is 5.69. The molecular weight excluding hydrogens is 268 g/mol. The van der Waals surface area contributed by atoms with Crippen molar-refractivity contribution >= 4 is 11.9 Å². The number of hydrogen-bond acceptors (Lipinski definition) is 4. The first kappa shape index (κ1) is 16.1. The van der Waals surface area contributed by atoms with E-state index in [0.717, 1.165) is 19.3 Å². The van der Waals surface area contributed by atoms with Gasteiger partial charge in [0.15, 0.2) is 0 Å². The van der Waals surface area contributed by atoms with Crippen molar-refractivity contribution in [1.29, 1.82) is 0 Å². The molecule has 2 rings (SSSR count). The Labute approximate surface area is 126 Å². The molecule has 21 heavy (non-hydrogen) atoms. The second-order valence-electron chi connectivity index (χ2n) is 6.14. The number of allylic oxidation sites excluding steroid dienone is 2. The minimum Gasteiger partial charge on any atom is -0.465 e. The SMILES string of the molecule is CCCC(=O)OC[C@@H]1[C@H](COC(=O)CCC)[C@H]2C=C[C@@H]1C2. The molecule has 4 atom stereocenters. The van der Waals surface area contributed by atoms with Crippen LogP contribution in [-0.4, -0.2) is 25.2 Å². The largest absolute Gasteiger partial charge is 0.465 e. The standard InChI is InChI=1S/C17H26O4/c1-3-5-16(18)20-10-14-12-7-8-13(9-12)15(14)11-21-17(19)6-4-2/h7-8,12-15H,3-6,9-11H2,1-2H3/t12-,13+,14+,15-. The van der Waals surface area contributed by atoms with Crippen molar-refractivity contribution in [3.63, 3.8) is 0 Å². The van der Waals surface area contributed by atoms with E-state index in [2.05, 4.69) is 12.2 Å². The van der Waals surface area contributed by atoms with Crippen molar-refractivity contribution in [2.75, 3.05) is 13.2 Å². The fourth-order valence-electron chi connectivity index (χ4n) is 3.45. The highest BCUT2D eigenvalue weighted by atomic mass is 16.5. The van der Waals surface area contributed by atoms with E-state index in [0.29, 0.717) is 49.7 Å². The molecule has 0 aromatic carbocycles. The maximum Gasteiger partial charge on any atom is 0.305 e. The predicted octanol–water partition coefficient (Wildman–Crippen LogP) is 3.11. The molecule has 0 heterocycles. The molecule has 4 heteroatoms. The third kappa shape index (κ3) is 4.08. The van der Waals surface area contributed by atoms with Gasteiger partial charge in [-0.05, 0) is 31.1 Å². The van der Waals surface area contributed by atoms with Gasteiger partial charge in [-0.2, -0.15) is 0 Å². The Morgan fingerprint density at radius 2 is 1.33 bits per heavy atom. The van der Waals surface area contributed by atoms with Crippen LogP contribution in [0.1, 0.15) is 46.0 Å². The van der Waals surface area contributed by atoms with E-state index in [9.17, 15) is 9.59 Å². The monoisotopic (exact) mass is 294 g/mol. The van der Waals surface area contributed by atoms with Gasteiger partial charge in [0.1, 0.15) is 0 Å². The second kappa shape index (κ2) is 7.62. The minimum atomic E-state index is -0.119. The zero-order valence-corrected chi connectivity index (χ0v) is 13.0. The molecule has 0 aromatic rings. The molecule has 4 nitrogen and oxygen atoms in total. The summed E-state index contributed by atoms with van der Waals surface area (Å²) >= 11 is 0. The van der Waals surface area contributed by atoms with Crippen LogP contribution in [0.25, 0.3) is 0 Å². The lowest BCUT2D eigenvalue weighted by Gasteiger charge is -2.27. The molecule has 118 valence electrons. The van der Waals surface area contributed by atoms with Crippen LogP contribution < -0.4 is 0 Å². The van der Waals surface area contributed by atoms with E-state index in [1.807, 2.05) is 13.8 Å². The third-order valence-electron chi connectivity index (χ3n) is 4.58. The molecule has 0 spiro atoms. The Bertz CT molecular complexity index is 366. The topological polar surface area (TPSA) is 52.6 Å².